The van der Waals surface area contributed by atoms with E-state index >= 15 is 0 Å². The predicted molar refractivity (Wildman–Crippen MR) is 103 cm³/mol. The number of hydrogen-bond donors (Lipinski definition) is 5. The lowest BCUT2D eigenvalue weighted by atomic mass is 10.1. The summed E-state index contributed by atoms with van der Waals surface area (Å²) < 4.78 is 7.10. The van der Waals surface area contributed by atoms with E-state index in [1.165, 1.54) is 44.8 Å². The number of fused-ring (bicyclic) bond motifs is 1. The Bertz CT molecular complexity index is 742. The van der Waals surface area contributed by atoms with Gasteiger partial charge in [0.05, 0.1) is 12.9 Å². The van der Waals surface area contributed by atoms with Crippen molar-refractivity contribution < 1.29 is 20.1 Å². The van der Waals surface area contributed by atoms with E-state index in [9.17, 15) is 15.3 Å². The van der Waals surface area contributed by atoms with Crippen molar-refractivity contribution in [1.82, 2.24) is 24.9 Å². The minimum Gasteiger partial charge on any atom is -0.394 e. The van der Waals surface area contributed by atoms with Crippen LogP contribution >= 0.6 is 0 Å². The fourth-order valence-corrected chi connectivity index (χ4v) is 3.38. The highest BCUT2D eigenvalue weighted by Gasteiger charge is 2.44. The summed E-state index contributed by atoms with van der Waals surface area (Å²) in [5.41, 5.74) is 7.21. The van der Waals surface area contributed by atoms with Crippen LogP contribution in [0.1, 0.15) is 51.7 Å². The molecule has 10 heteroatoms. The Morgan fingerprint density at radius 2 is 1.86 bits per heavy atom. The molecule has 3 heterocycles. The molecule has 1 saturated heterocycles. The van der Waals surface area contributed by atoms with Gasteiger partial charge in [-0.3, -0.25) is 4.57 Å². The van der Waals surface area contributed by atoms with E-state index in [1.54, 1.807) is 4.57 Å². The molecule has 0 bridgehead atoms. The molecule has 0 spiro atoms. The van der Waals surface area contributed by atoms with Gasteiger partial charge in [-0.05, 0) is 6.42 Å². The van der Waals surface area contributed by atoms with Crippen LogP contribution in [0.4, 0.5) is 5.82 Å². The maximum atomic E-state index is 10.2. The summed E-state index contributed by atoms with van der Waals surface area (Å²) in [4.78, 5) is 12.8. The fraction of sp³-hybridized carbons (Fsp3) is 0.722. The zero-order valence-corrected chi connectivity index (χ0v) is 16.2. The summed E-state index contributed by atoms with van der Waals surface area (Å²) >= 11 is 0. The second kappa shape index (κ2) is 10.1. The van der Waals surface area contributed by atoms with Gasteiger partial charge >= 0.3 is 0 Å². The van der Waals surface area contributed by atoms with Crippen molar-refractivity contribution in [3.05, 3.63) is 12.7 Å². The molecule has 0 saturated carbocycles. The lowest BCUT2D eigenvalue weighted by molar-refractivity contribution is -0.0511. The third kappa shape index (κ3) is 4.58. The van der Waals surface area contributed by atoms with Crippen molar-refractivity contribution in [1.29, 1.82) is 0 Å². The van der Waals surface area contributed by atoms with Gasteiger partial charge in [0.1, 0.15) is 24.6 Å². The third-order valence-corrected chi connectivity index (χ3v) is 5.01. The SMILES string of the molecule is CCCCCCCCNNc1ncnc2c1ncn2[C@@H]1O[C@H](CO)[C@@H](O)[C@H]1O. The van der Waals surface area contributed by atoms with Crippen LogP contribution in [0.2, 0.25) is 0 Å². The maximum Gasteiger partial charge on any atom is 0.171 e. The average Bonchev–Trinajstić information content (AvgIpc) is 3.26. The zero-order valence-electron chi connectivity index (χ0n) is 16.2. The Morgan fingerprint density at radius 1 is 1.07 bits per heavy atom. The molecule has 156 valence electrons. The van der Waals surface area contributed by atoms with Crippen LogP contribution in [0.3, 0.4) is 0 Å². The van der Waals surface area contributed by atoms with Gasteiger partial charge in [-0.1, -0.05) is 39.0 Å². The monoisotopic (exact) mass is 394 g/mol. The number of hydrogen-bond acceptors (Lipinski definition) is 9. The van der Waals surface area contributed by atoms with E-state index in [2.05, 4.69) is 32.7 Å². The molecule has 2 aromatic rings. The van der Waals surface area contributed by atoms with Gasteiger partial charge in [0.15, 0.2) is 23.2 Å². The molecule has 28 heavy (non-hydrogen) atoms. The molecule has 1 aliphatic rings. The zero-order chi connectivity index (χ0) is 19.9. The molecule has 4 atom stereocenters. The highest BCUT2D eigenvalue weighted by Crippen LogP contribution is 2.31. The first-order valence-electron chi connectivity index (χ1n) is 9.96. The Morgan fingerprint density at radius 3 is 2.61 bits per heavy atom. The number of aliphatic hydroxyl groups excluding tert-OH is 3. The molecule has 0 amide bonds. The number of hydrazine groups is 1. The highest BCUT2D eigenvalue weighted by atomic mass is 16.6. The lowest BCUT2D eigenvalue weighted by Crippen LogP contribution is -2.33. The molecule has 10 nitrogen and oxygen atoms in total. The van der Waals surface area contributed by atoms with Crippen molar-refractivity contribution in [2.24, 2.45) is 0 Å². The maximum absolute atomic E-state index is 10.2. The van der Waals surface area contributed by atoms with E-state index in [0.717, 1.165) is 13.0 Å². The number of anilines is 1. The van der Waals surface area contributed by atoms with Gasteiger partial charge < -0.3 is 25.5 Å². The van der Waals surface area contributed by atoms with E-state index in [1.807, 2.05) is 0 Å². The molecule has 3 rings (SSSR count). The van der Waals surface area contributed by atoms with E-state index in [4.69, 9.17) is 4.74 Å². The van der Waals surface area contributed by atoms with Gasteiger partial charge in [-0.15, -0.1) is 0 Å². The number of rotatable bonds is 11. The normalized spacial score (nSPS) is 24.9. The van der Waals surface area contributed by atoms with Crippen LogP contribution in [0, 0.1) is 0 Å². The largest absolute Gasteiger partial charge is 0.394 e. The number of nitrogens with one attached hydrogen (secondary N) is 2. The van der Waals surface area contributed by atoms with E-state index < -0.39 is 24.5 Å². The lowest BCUT2D eigenvalue weighted by Gasteiger charge is -2.16. The number of aromatic nitrogens is 4. The van der Waals surface area contributed by atoms with Crippen molar-refractivity contribution >= 4 is 17.0 Å². The Hall–Kier alpha value is -1.85. The first kappa shape index (κ1) is 20.9. The molecule has 1 aliphatic heterocycles. The Kier molecular flexibility index (Phi) is 7.51. The molecular weight excluding hydrogens is 364 g/mol. The topological polar surface area (TPSA) is 138 Å². The summed E-state index contributed by atoms with van der Waals surface area (Å²) in [5.74, 6) is 0.529. The van der Waals surface area contributed by atoms with Crippen LogP contribution in [0.15, 0.2) is 12.7 Å². The summed E-state index contributed by atoms with van der Waals surface area (Å²) in [7, 11) is 0. The summed E-state index contributed by atoms with van der Waals surface area (Å²) in [6.45, 7) is 2.64. The quantitative estimate of drug-likeness (QED) is 0.276. The molecule has 0 aromatic carbocycles. The number of ether oxygens (including phenoxy) is 1. The van der Waals surface area contributed by atoms with Gasteiger partial charge in [0.25, 0.3) is 0 Å². The van der Waals surface area contributed by atoms with Crippen molar-refractivity contribution in [3.8, 4) is 0 Å². The highest BCUT2D eigenvalue weighted by molar-refractivity contribution is 5.82. The van der Waals surface area contributed by atoms with Crippen LogP contribution < -0.4 is 10.9 Å². The number of unbranched alkanes of at least 4 members (excludes halogenated alkanes) is 5. The summed E-state index contributed by atoms with van der Waals surface area (Å²) in [5, 5.41) is 29.5. The predicted octanol–water partition coefficient (Wildman–Crippen LogP) is 0.715. The first-order valence-corrected chi connectivity index (χ1v) is 9.96. The third-order valence-electron chi connectivity index (χ3n) is 5.01. The average molecular weight is 394 g/mol. The minimum atomic E-state index is -1.19. The molecule has 5 N–H and O–H groups in total. The van der Waals surface area contributed by atoms with Gasteiger partial charge in [0.2, 0.25) is 0 Å². The van der Waals surface area contributed by atoms with Crippen LogP contribution in [0.25, 0.3) is 11.2 Å². The minimum absolute atomic E-state index is 0.383. The summed E-state index contributed by atoms with van der Waals surface area (Å²) in [6, 6.07) is 0. The molecule has 2 aromatic heterocycles. The first-order chi connectivity index (χ1) is 13.7. The number of aliphatic hydroxyl groups is 3. The number of imidazole rings is 1. The van der Waals surface area contributed by atoms with Crippen LogP contribution in [-0.2, 0) is 4.74 Å². The van der Waals surface area contributed by atoms with Gasteiger partial charge in [-0.2, -0.15) is 0 Å². The second-order valence-electron chi connectivity index (χ2n) is 7.09. The van der Waals surface area contributed by atoms with Crippen LogP contribution in [-0.4, -0.2) is 66.3 Å². The van der Waals surface area contributed by atoms with Gasteiger partial charge in [-0.25, -0.2) is 20.4 Å². The van der Waals surface area contributed by atoms with Crippen LogP contribution in [0.5, 0.6) is 0 Å². The van der Waals surface area contributed by atoms with Crippen molar-refractivity contribution in [3.63, 3.8) is 0 Å². The van der Waals surface area contributed by atoms with E-state index in [-0.39, 0.29) is 6.61 Å². The second-order valence-corrected chi connectivity index (χ2v) is 7.09. The molecule has 0 unspecified atom stereocenters. The van der Waals surface area contributed by atoms with E-state index in [0.29, 0.717) is 17.0 Å². The van der Waals surface area contributed by atoms with Crippen molar-refractivity contribution in [2.75, 3.05) is 18.6 Å². The fourth-order valence-electron chi connectivity index (χ4n) is 3.38. The smallest absolute Gasteiger partial charge is 0.171 e. The standard InChI is InChI=1S/C18H30N6O4/c1-2-3-4-5-6-7-8-22-23-16-13-17(20-10-19-16)24(11-21-13)18-15(27)14(26)12(9-25)28-18/h10-12,14-15,18,22,25-27H,2-9H2,1H3,(H,19,20,23)/t12-,14-,15-,18-/m1/s1. The Balaban J connectivity index is 1.59. The molecule has 1 fully saturated rings. The molecular formula is C18H30N6O4. The Labute approximate surface area is 163 Å². The number of nitrogens with zero attached hydrogens (tertiary/aromatic N) is 4. The van der Waals surface area contributed by atoms with Gasteiger partial charge in [0, 0.05) is 6.54 Å². The molecule has 0 radical (unpaired) electrons. The van der Waals surface area contributed by atoms with Crippen molar-refractivity contribution in [2.45, 2.75) is 70.0 Å². The summed E-state index contributed by atoms with van der Waals surface area (Å²) in [6.07, 6.45) is 6.13. The molecule has 0 aliphatic carbocycles.